The fourth-order valence-electron chi connectivity index (χ4n) is 2.26. The van der Waals surface area contributed by atoms with Crippen molar-refractivity contribution in [3.63, 3.8) is 0 Å². The van der Waals surface area contributed by atoms with E-state index in [2.05, 4.69) is 23.7 Å². The van der Waals surface area contributed by atoms with E-state index >= 15 is 0 Å². The summed E-state index contributed by atoms with van der Waals surface area (Å²) in [5, 5.41) is 0. The number of carbonyl (C=O) groups is 2. The van der Waals surface area contributed by atoms with Gasteiger partial charge in [-0.2, -0.15) is 0 Å². The summed E-state index contributed by atoms with van der Waals surface area (Å²) in [5.41, 5.74) is 2.46. The van der Waals surface area contributed by atoms with Crippen LogP contribution >= 0.6 is 22.7 Å². The van der Waals surface area contributed by atoms with Crippen LogP contribution in [0.2, 0.25) is 0 Å². The van der Waals surface area contributed by atoms with Gasteiger partial charge in [-0.3, -0.25) is 9.59 Å². The van der Waals surface area contributed by atoms with Gasteiger partial charge in [0.2, 0.25) is 0 Å². The van der Waals surface area contributed by atoms with Crippen molar-refractivity contribution in [1.29, 1.82) is 0 Å². The summed E-state index contributed by atoms with van der Waals surface area (Å²) in [6.07, 6.45) is 1.64. The molecule has 0 fully saturated rings. The Morgan fingerprint density at radius 1 is 0.800 bits per heavy atom. The first kappa shape index (κ1) is 16.9. The van der Waals surface area contributed by atoms with Gasteiger partial charge < -0.3 is 0 Å². The minimum absolute atomic E-state index is 0.601. The Hall–Kier alpha value is -2.92. The van der Waals surface area contributed by atoms with Crippen molar-refractivity contribution in [1.82, 2.24) is 0 Å². The van der Waals surface area contributed by atoms with Crippen LogP contribution in [0.25, 0.3) is 9.75 Å². The zero-order valence-electron chi connectivity index (χ0n) is 13.3. The van der Waals surface area contributed by atoms with Crippen molar-refractivity contribution in [2.75, 3.05) is 0 Å². The Labute approximate surface area is 154 Å². The highest BCUT2D eigenvalue weighted by Gasteiger charge is 2.16. The van der Waals surface area contributed by atoms with Gasteiger partial charge in [-0.15, -0.1) is 28.6 Å². The van der Waals surface area contributed by atoms with Crippen LogP contribution < -0.4 is 0 Å². The molecule has 0 bridgehead atoms. The second-order valence-electron chi connectivity index (χ2n) is 5.01. The third-order valence-corrected chi connectivity index (χ3v) is 5.60. The van der Waals surface area contributed by atoms with Gasteiger partial charge in [-0.1, -0.05) is 36.0 Å². The minimum atomic E-state index is 0.601. The van der Waals surface area contributed by atoms with Crippen LogP contribution in [-0.4, -0.2) is 12.6 Å². The van der Waals surface area contributed by atoms with Crippen molar-refractivity contribution in [2.24, 2.45) is 0 Å². The van der Waals surface area contributed by atoms with Gasteiger partial charge in [0.25, 0.3) is 0 Å². The van der Waals surface area contributed by atoms with Crippen molar-refractivity contribution >= 4 is 35.2 Å². The molecule has 0 saturated heterocycles. The molecule has 0 aliphatic carbocycles. The second kappa shape index (κ2) is 7.77. The molecule has 3 rings (SSSR count). The van der Waals surface area contributed by atoms with Gasteiger partial charge in [0.1, 0.15) is 0 Å². The topological polar surface area (TPSA) is 34.1 Å². The normalized spacial score (nSPS) is 9.48. The summed E-state index contributed by atoms with van der Waals surface area (Å²) in [6, 6.07) is 13.2. The van der Waals surface area contributed by atoms with Gasteiger partial charge in [-0.05, 0) is 31.2 Å². The largest absolute Gasteiger partial charge is 0.297 e. The molecule has 0 saturated carbocycles. The predicted octanol–water partition coefficient (Wildman–Crippen LogP) is 4.87. The molecular formula is C21H12O2S2. The van der Waals surface area contributed by atoms with Crippen LogP contribution in [-0.2, 0) is 0 Å². The summed E-state index contributed by atoms with van der Waals surface area (Å²) < 4.78 is 0. The molecule has 2 aromatic heterocycles. The molecule has 120 valence electrons. The van der Waals surface area contributed by atoms with Crippen LogP contribution in [0.3, 0.4) is 0 Å². The van der Waals surface area contributed by atoms with Crippen molar-refractivity contribution in [2.45, 2.75) is 6.92 Å². The van der Waals surface area contributed by atoms with Crippen LogP contribution in [0.1, 0.15) is 43.0 Å². The van der Waals surface area contributed by atoms with E-state index in [9.17, 15) is 9.59 Å². The number of rotatable bonds is 3. The molecule has 0 spiro atoms. The first-order chi connectivity index (χ1) is 12.2. The average molecular weight is 360 g/mol. The van der Waals surface area contributed by atoms with Gasteiger partial charge >= 0.3 is 0 Å². The van der Waals surface area contributed by atoms with E-state index < -0.39 is 0 Å². The lowest BCUT2D eigenvalue weighted by Gasteiger charge is -1.96. The molecule has 2 heterocycles. The molecule has 0 aliphatic heterocycles. The third-order valence-electron chi connectivity index (χ3n) is 3.32. The zero-order chi connectivity index (χ0) is 17.6. The van der Waals surface area contributed by atoms with Crippen molar-refractivity contribution < 1.29 is 9.59 Å². The molecule has 0 radical (unpaired) electrons. The molecular weight excluding hydrogens is 348 g/mol. The van der Waals surface area contributed by atoms with Gasteiger partial charge in [0.15, 0.2) is 12.6 Å². The fraction of sp³-hybridized carbons (Fsp3) is 0.0476. The highest BCUT2D eigenvalue weighted by Crippen LogP contribution is 2.39. The van der Waals surface area contributed by atoms with E-state index in [0.717, 1.165) is 39.0 Å². The Kier molecular flexibility index (Phi) is 5.26. The molecule has 25 heavy (non-hydrogen) atoms. The summed E-state index contributed by atoms with van der Waals surface area (Å²) >= 11 is 2.74. The predicted molar refractivity (Wildman–Crippen MR) is 103 cm³/mol. The smallest absolute Gasteiger partial charge is 0.160 e. The number of benzene rings is 1. The van der Waals surface area contributed by atoms with Gasteiger partial charge in [0.05, 0.1) is 19.5 Å². The number of thiophene rings is 2. The van der Waals surface area contributed by atoms with Crippen LogP contribution in [0, 0.1) is 23.7 Å². The lowest BCUT2D eigenvalue weighted by molar-refractivity contribution is 0.111. The maximum Gasteiger partial charge on any atom is 0.160 e. The second-order valence-corrected chi connectivity index (χ2v) is 7.18. The van der Waals surface area contributed by atoms with Gasteiger partial charge in [-0.25, -0.2) is 0 Å². The highest BCUT2D eigenvalue weighted by atomic mass is 32.1. The molecule has 1 aromatic carbocycles. The molecule has 0 N–H and O–H groups in total. The van der Waals surface area contributed by atoms with Crippen LogP contribution in [0.5, 0.6) is 0 Å². The first-order valence-electron chi connectivity index (χ1n) is 7.43. The molecule has 0 amide bonds. The Morgan fingerprint density at radius 2 is 1.36 bits per heavy atom. The Morgan fingerprint density at radius 3 is 1.88 bits per heavy atom. The van der Waals surface area contributed by atoms with E-state index in [1.54, 1.807) is 19.1 Å². The average Bonchev–Trinajstić information content (AvgIpc) is 3.24. The molecule has 0 unspecified atom stereocenters. The Bertz CT molecular complexity index is 1050. The SMILES string of the molecule is CC#Cc1cc(C=O)sc1-c1sc(C=O)cc1C#Cc1ccccc1. The monoisotopic (exact) mass is 360 g/mol. The summed E-state index contributed by atoms with van der Waals surface area (Å²) in [5.74, 6) is 12.2. The lowest BCUT2D eigenvalue weighted by atomic mass is 10.1. The zero-order valence-corrected chi connectivity index (χ0v) is 15.0. The van der Waals surface area contributed by atoms with Crippen molar-refractivity contribution in [3.8, 4) is 33.4 Å². The van der Waals surface area contributed by atoms with E-state index in [-0.39, 0.29) is 0 Å². The first-order valence-corrected chi connectivity index (χ1v) is 9.06. The third kappa shape index (κ3) is 3.78. The van der Waals surface area contributed by atoms with Crippen LogP contribution in [0.15, 0.2) is 42.5 Å². The van der Waals surface area contributed by atoms with E-state index in [1.165, 1.54) is 22.7 Å². The summed E-state index contributed by atoms with van der Waals surface area (Å²) in [4.78, 5) is 25.3. The van der Waals surface area contributed by atoms with E-state index in [1.807, 2.05) is 30.3 Å². The fourth-order valence-corrected chi connectivity index (χ4v) is 4.27. The highest BCUT2D eigenvalue weighted by molar-refractivity contribution is 7.24. The number of hydrogen-bond donors (Lipinski definition) is 0. The summed E-state index contributed by atoms with van der Waals surface area (Å²) in [7, 11) is 0. The number of carbonyl (C=O) groups excluding carboxylic acids is 2. The molecule has 2 nitrogen and oxygen atoms in total. The maximum absolute atomic E-state index is 11.2. The molecule has 4 heteroatoms. The standard InChI is InChI=1S/C21H12O2S2/c1-2-6-16-11-18(13-22)24-20(16)21-17(12-19(14-23)25-21)10-9-15-7-4-3-5-8-15/h3-5,7-8,11-14H,1H3. The minimum Gasteiger partial charge on any atom is -0.297 e. The number of aldehydes is 2. The summed E-state index contributed by atoms with van der Waals surface area (Å²) in [6.45, 7) is 1.75. The van der Waals surface area contributed by atoms with Crippen molar-refractivity contribution in [3.05, 3.63) is 68.9 Å². The van der Waals surface area contributed by atoms with Crippen LogP contribution in [0.4, 0.5) is 0 Å². The molecule has 0 aliphatic rings. The molecule has 3 aromatic rings. The maximum atomic E-state index is 11.2. The van der Waals surface area contributed by atoms with Gasteiger partial charge in [0, 0.05) is 16.7 Å². The lowest BCUT2D eigenvalue weighted by Crippen LogP contribution is -1.78. The van der Waals surface area contributed by atoms with E-state index in [4.69, 9.17) is 0 Å². The Balaban J connectivity index is 2.14. The molecule has 0 atom stereocenters. The quantitative estimate of drug-likeness (QED) is 0.493. The number of hydrogen-bond acceptors (Lipinski definition) is 4. The van der Waals surface area contributed by atoms with E-state index in [0.29, 0.717) is 9.75 Å².